The smallest absolute Gasteiger partial charge is 0.339 e. The van der Waals surface area contributed by atoms with Gasteiger partial charge in [0.2, 0.25) is 0 Å². The Bertz CT molecular complexity index is 492. The van der Waals surface area contributed by atoms with Crippen LogP contribution in [-0.4, -0.2) is 53.7 Å². The summed E-state index contributed by atoms with van der Waals surface area (Å²) in [5.74, 6) is -0.443. The Morgan fingerprint density at radius 3 is 2.95 bits per heavy atom. The van der Waals surface area contributed by atoms with Gasteiger partial charge in [0, 0.05) is 19.1 Å². The molecule has 1 saturated heterocycles. The van der Waals surface area contributed by atoms with Crippen molar-refractivity contribution in [3.05, 3.63) is 17.8 Å². The monoisotopic (exact) mass is 278 g/mol. The lowest BCUT2D eigenvalue weighted by Gasteiger charge is -2.32. The number of pyridine rings is 1. The summed E-state index contributed by atoms with van der Waals surface area (Å²) in [6.07, 6.45) is 3.48. The zero-order chi connectivity index (χ0) is 14.7. The second kappa shape index (κ2) is 6.09. The Labute approximate surface area is 119 Å². The van der Waals surface area contributed by atoms with Crippen LogP contribution < -0.4 is 10.6 Å². The van der Waals surface area contributed by atoms with Gasteiger partial charge in [-0.05, 0) is 32.5 Å². The average Bonchev–Trinajstić information content (AvgIpc) is 2.60. The Kier molecular flexibility index (Phi) is 4.44. The van der Waals surface area contributed by atoms with Crippen LogP contribution in [0.2, 0.25) is 0 Å². The Morgan fingerprint density at radius 2 is 2.30 bits per heavy atom. The van der Waals surface area contributed by atoms with Crippen LogP contribution in [-0.2, 0) is 0 Å². The maximum Gasteiger partial charge on any atom is 0.339 e. The fourth-order valence-electron chi connectivity index (χ4n) is 2.73. The summed E-state index contributed by atoms with van der Waals surface area (Å²) < 4.78 is 0. The quantitative estimate of drug-likeness (QED) is 0.866. The number of nitrogens with zero attached hydrogens (tertiary/aromatic N) is 3. The maximum atomic E-state index is 11.4. The Balaban J connectivity index is 2.39. The molecule has 6 nitrogen and oxygen atoms in total. The predicted molar refractivity (Wildman–Crippen MR) is 79.1 cm³/mol. The molecule has 110 valence electrons. The van der Waals surface area contributed by atoms with Crippen LogP contribution in [0.4, 0.5) is 11.5 Å². The van der Waals surface area contributed by atoms with E-state index in [9.17, 15) is 9.90 Å². The van der Waals surface area contributed by atoms with Gasteiger partial charge in [-0.25, -0.2) is 9.78 Å². The average molecular weight is 278 g/mol. The Hall–Kier alpha value is -1.82. The fraction of sp³-hybridized carbons (Fsp3) is 0.571. The van der Waals surface area contributed by atoms with E-state index in [4.69, 9.17) is 5.73 Å². The molecule has 0 radical (unpaired) electrons. The van der Waals surface area contributed by atoms with Crippen LogP contribution in [0.25, 0.3) is 0 Å². The van der Waals surface area contributed by atoms with Crippen LogP contribution >= 0.6 is 0 Å². The lowest BCUT2D eigenvalue weighted by atomic mass is 10.1. The van der Waals surface area contributed by atoms with Crippen LogP contribution in [0.5, 0.6) is 0 Å². The molecule has 1 fully saturated rings. The first-order chi connectivity index (χ1) is 9.52. The summed E-state index contributed by atoms with van der Waals surface area (Å²) in [6.45, 7) is 4.88. The molecule has 1 atom stereocenters. The molecule has 0 aliphatic carbocycles. The number of likely N-dealkylation sites (N-methyl/N-ethyl adjacent to an activating group) is 1. The predicted octanol–water partition coefficient (Wildman–Crippen LogP) is 1.28. The van der Waals surface area contributed by atoms with Gasteiger partial charge in [-0.2, -0.15) is 0 Å². The zero-order valence-corrected chi connectivity index (χ0v) is 12.0. The fourth-order valence-corrected chi connectivity index (χ4v) is 2.73. The molecule has 0 amide bonds. The number of aromatic nitrogens is 1. The van der Waals surface area contributed by atoms with Crippen LogP contribution in [0.1, 0.15) is 30.1 Å². The maximum absolute atomic E-state index is 11.4. The number of nitrogen functional groups attached to an aromatic ring is 1. The number of rotatable bonds is 3. The van der Waals surface area contributed by atoms with Gasteiger partial charge in [-0.3, -0.25) is 0 Å². The number of carboxylic acids is 1. The number of carboxylic acid groups (broad SMARTS) is 1. The molecule has 6 heteroatoms. The van der Waals surface area contributed by atoms with Crippen molar-refractivity contribution in [2.24, 2.45) is 0 Å². The number of aromatic carboxylic acids is 1. The molecule has 1 aliphatic heterocycles. The van der Waals surface area contributed by atoms with Crippen LogP contribution in [0, 0.1) is 0 Å². The summed E-state index contributed by atoms with van der Waals surface area (Å²) in [5.41, 5.74) is 6.23. The van der Waals surface area contributed by atoms with E-state index >= 15 is 0 Å². The molecule has 1 aromatic rings. The standard InChI is InChI=1S/C14H22N4O2/c1-3-11-9-17(2)5-4-6-18(11)13-12(14(19)20)7-10(15)8-16-13/h7-8,11H,3-6,9,15H2,1-2H3,(H,19,20). The van der Waals surface area contributed by atoms with E-state index in [2.05, 4.69) is 28.8 Å². The number of hydrogen-bond donors (Lipinski definition) is 2. The van der Waals surface area contributed by atoms with Gasteiger partial charge in [0.1, 0.15) is 11.4 Å². The van der Waals surface area contributed by atoms with Gasteiger partial charge >= 0.3 is 5.97 Å². The second-order valence-electron chi connectivity index (χ2n) is 5.32. The molecule has 2 heterocycles. The van der Waals surface area contributed by atoms with Crippen molar-refractivity contribution >= 4 is 17.5 Å². The van der Waals surface area contributed by atoms with E-state index in [0.717, 1.165) is 32.5 Å². The minimum atomic E-state index is -0.979. The van der Waals surface area contributed by atoms with Crippen molar-refractivity contribution in [1.29, 1.82) is 0 Å². The highest BCUT2D eigenvalue weighted by molar-refractivity contribution is 5.94. The highest BCUT2D eigenvalue weighted by atomic mass is 16.4. The van der Waals surface area contributed by atoms with Gasteiger partial charge in [-0.1, -0.05) is 6.92 Å². The van der Waals surface area contributed by atoms with E-state index in [-0.39, 0.29) is 11.6 Å². The molecule has 0 aromatic carbocycles. The topological polar surface area (TPSA) is 82.7 Å². The van der Waals surface area contributed by atoms with E-state index in [1.165, 1.54) is 12.3 Å². The van der Waals surface area contributed by atoms with E-state index < -0.39 is 5.97 Å². The minimum Gasteiger partial charge on any atom is -0.478 e. The van der Waals surface area contributed by atoms with Crippen molar-refractivity contribution in [2.45, 2.75) is 25.8 Å². The summed E-state index contributed by atoms with van der Waals surface area (Å²) in [4.78, 5) is 20.1. The summed E-state index contributed by atoms with van der Waals surface area (Å²) >= 11 is 0. The zero-order valence-electron chi connectivity index (χ0n) is 12.0. The summed E-state index contributed by atoms with van der Waals surface area (Å²) in [6, 6.07) is 1.77. The van der Waals surface area contributed by atoms with Gasteiger partial charge < -0.3 is 20.6 Å². The first kappa shape index (κ1) is 14.6. The molecule has 1 aliphatic rings. The van der Waals surface area contributed by atoms with E-state index in [1.807, 2.05) is 0 Å². The normalized spacial score (nSPS) is 20.7. The molecule has 0 saturated carbocycles. The van der Waals surface area contributed by atoms with Gasteiger partial charge in [0.15, 0.2) is 0 Å². The molecule has 0 spiro atoms. The number of hydrogen-bond acceptors (Lipinski definition) is 5. The third kappa shape index (κ3) is 3.01. The lowest BCUT2D eigenvalue weighted by Crippen LogP contribution is -2.41. The van der Waals surface area contributed by atoms with Crippen LogP contribution in [0.3, 0.4) is 0 Å². The molecular weight excluding hydrogens is 256 g/mol. The third-order valence-electron chi connectivity index (χ3n) is 3.76. The molecule has 3 N–H and O–H groups in total. The largest absolute Gasteiger partial charge is 0.478 e. The lowest BCUT2D eigenvalue weighted by molar-refractivity contribution is 0.0697. The van der Waals surface area contributed by atoms with Crippen molar-refractivity contribution in [2.75, 3.05) is 37.3 Å². The van der Waals surface area contributed by atoms with Crippen molar-refractivity contribution in [1.82, 2.24) is 9.88 Å². The van der Waals surface area contributed by atoms with E-state index in [1.54, 1.807) is 0 Å². The number of nitrogens with two attached hydrogens (primary N) is 1. The molecule has 1 aromatic heterocycles. The SMILES string of the molecule is CCC1CN(C)CCCN1c1ncc(N)cc1C(=O)O. The number of carbonyl (C=O) groups is 1. The summed E-state index contributed by atoms with van der Waals surface area (Å²) in [5, 5.41) is 9.37. The second-order valence-corrected chi connectivity index (χ2v) is 5.32. The van der Waals surface area contributed by atoms with Gasteiger partial charge in [0.25, 0.3) is 0 Å². The van der Waals surface area contributed by atoms with Crippen molar-refractivity contribution < 1.29 is 9.90 Å². The molecule has 2 rings (SSSR count). The highest BCUT2D eigenvalue weighted by Crippen LogP contribution is 2.25. The third-order valence-corrected chi connectivity index (χ3v) is 3.76. The number of anilines is 2. The first-order valence-corrected chi connectivity index (χ1v) is 6.97. The highest BCUT2D eigenvalue weighted by Gasteiger charge is 2.26. The van der Waals surface area contributed by atoms with Crippen LogP contribution in [0.15, 0.2) is 12.3 Å². The minimum absolute atomic E-state index is 0.188. The molecule has 20 heavy (non-hydrogen) atoms. The van der Waals surface area contributed by atoms with Gasteiger partial charge in [-0.15, -0.1) is 0 Å². The van der Waals surface area contributed by atoms with Crippen molar-refractivity contribution in [3.8, 4) is 0 Å². The summed E-state index contributed by atoms with van der Waals surface area (Å²) in [7, 11) is 2.10. The molecule has 0 bridgehead atoms. The Morgan fingerprint density at radius 1 is 1.55 bits per heavy atom. The first-order valence-electron chi connectivity index (χ1n) is 6.97. The van der Waals surface area contributed by atoms with Crippen molar-refractivity contribution in [3.63, 3.8) is 0 Å². The molecular formula is C14H22N4O2. The van der Waals surface area contributed by atoms with Gasteiger partial charge in [0.05, 0.1) is 11.9 Å². The van der Waals surface area contributed by atoms with E-state index in [0.29, 0.717) is 11.5 Å². The molecule has 1 unspecified atom stereocenters.